The Balaban J connectivity index is 0.988. The number of nitrogen functional groups attached to an aromatic ring is 3. The third kappa shape index (κ3) is 8.86. The molecule has 9 rings (SSSR count). The highest BCUT2D eigenvalue weighted by Crippen LogP contribution is 2.57. The maximum absolute atomic E-state index is 15.4. The predicted octanol–water partition coefficient (Wildman–Crippen LogP) is -0.857. The van der Waals surface area contributed by atoms with Crippen LogP contribution in [0.4, 0.5) is 17.8 Å². The van der Waals surface area contributed by atoms with E-state index in [0.717, 1.165) is 0 Å². The van der Waals surface area contributed by atoms with E-state index in [1.54, 1.807) is 46.7 Å². The van der Waals surface area contributed by atoms with Crippen molar-refractivity contribution in [1.82, 2.24) is 82.1 Å². The molecule has 32 heteroatoms. The number of morpholine rings is 3. The quantitative estimate of drug-likeness (QED) is 0.0723. The van der Waals surface area contributed by atoms with E-state index in [0.29, 0.717) is 19.5 Å². The van der Waals surface area contributed by atoms with Gasteiger partial charge in [0.25, 0.3) is 16.7 Å². The molecule has 8 atom stereocenters. The fourth-order valence-corrected chi connectivity index (χ4v) is 12.6. The predicted molar refractivity (Wildman–Crippen MR) is 245 cm³/mol. The van der Waals surface area contributed by atoms with Crippen molar-refractivity contribution in [1.29, 1.82) is 0 Å². The Hall–Kier alpha value is -5.49. The summed E-state index contributed by atoms with van der Waals surface area (Å²) in [6.45, 7) is 2.48. The summed E-state index contributed by atoms with van der Waals surface area (Å²) in [5.74, 6) is -0.326. The van der Waals surface area contributed by atoms with E-state index < -0.39 is 69.0 Å². The highest BCUT2D eigenvalue weighted by Gasteiger charge is 2.46. The van der Waals surface area contributed by atoms with Crippen LogP contribution in [0.25, 0.3) is 33.5 Å². The van der Waals surface area contributed by atoms with Crippen LogP contribution in [-0.2, 0) is 32.4 Å². The Morgan fingerprint density at radius 1 is 0.603 bits per heavy atom. The number of ether oxygens (including phenoxy) is 3. The van der Waals surface area contributed by atoms with E-state index in [-0.39, 0.29) is 90.7 Å². The van der Waals surface area contributed by atoms with Crippen molar-refractivity contribution in [2.24, 2.45) is 0 Å². The number of aromatic amines is 3. The SMILES string of the molecule is CCC1CN(P(=O)(OCC2CN(P(=O)(OCC3CN(C)CC(n4cnc5c(=O)[nH]c(N)nc54)O3)N(C)C)CC(n3cnc4c(=O)[nH]c(N)nc43)O2)N(C)C)CC(n2cnc3c(=O)[nH]c(N)nc32)O1. The average molecular weight is 989 g/mol. The van der Waals surface area contributed by atoms with Gasteiger partial charge in [-0.05, 0) is 41.7 Å². The number of nitrogens with two attached hydrogens (primary N) is 3. The molecule has 6 aromatic rings. The molecule has 3 aliphatic heterocycles. The molecule has 68 heavy (non-hydrogen) atoms. The molecule has 0 radical (unpaired) electrons. The van der Waals surface area contributed by atoms with Crippen LogP contribution < -0.4 is 33.9 Å². The standard InChI is InChI=1S/C36H54N20O10P2/c1-7-19-9-52(12-23(64-19)55-17-41-26-29(55)44-35(38)47-32(26)58)67(60,49(2)3)63-15-21-10-53(13-24(66-21)56-18-42-27-30(56)45-36(39)48-33(27)59)68(61,50(4)5)62-14-20-8-51(6)11-22(65-20)54-16-40-25-28(54)43-34(37)46-31(25)57/h16-24H,7-15H2,1-6H3,(H3,37,43,46,57)(H3,38,44,47,58)(H3,39,45,48,59). The number of anilines is 3. The van der Waals surface area contributed by atoms with Crippen LogP contribution in [0.15, 0.2) is 33.4 Å². The van der Waals surface area contributed by atoms with E-state index in [2.05, 4.69) is 44.9 Å². The van der Waals surface area contributed by atoms with Gasteiger partial charge in [-0.2, -0.15) is 15.0 Å². The molecule has 9 N–H and O–H groups in total. The lowest BCUT2D eigenvalue weighted by Crippen LogP contribution is -2.49. The number of hydrogen-bond acceptors (Lipinski definition) is 20. The monoisotopic (exact) mass is 988 g/mol. The summed E-state index contributed by atoms with van der Waals surface area (Å²) in [4.78, 5) is 73.1. The lowest BCUT2D eigenvalue weighted by atomic mass is 10.2. The molecule has 0 spiro atoms. The minimum atomic E-state index is -3.99. The van der Waals surface area contributed by atoms with Gasteiger partial charge in [-0.1, -0.05) is 6.92 Å². The molecule has 8 unspecified atom stereocenters. The van der Waals surface area contributed by atoms with Gasteiger partial charge in [-0.3, -0.25) is 57.1 Å². The fraction of sp³-hybridized carbons (Fsp3) is 0.583. The first-order chi connectivity index (χ1) is 32.3. The van der Waals surface area contributed by atoms with Gasteiger partial charge < -0.3 is 40.5 Å². The first-order valence-corrected chi connectivity index (χ1v) is 24.6. The molecular formula is C36H54N20O10P2. The van der Waals surface area contributed by atoms with Crippen molar-refractivity contribution in [2.75, 3.05) is 105 Å². The van der Waals surface area contributed by atoms with Crippen molar-refractivity contribution in [3.05, 3.63) is 50.0 Å². The summed E-state index contributed by atoms with van der Waals surface area (Å²) >= 11 is 0. The third-order valence-electron chi connectivity index (χ3n) is 11.9. The van der Waals surface area contributed by atoms with Crippen LogP contribution in [0.5, 0.6) is 0 Å². The van der Waals surface area contributed by atoms with Crippen LogP contribution in [0.2, 0.25) is 0 Å². The van der Waals surface area contributed by atoms with Crippen molar-refractivity contribution in [2.45, 2.75) is 50.3 Å². The van der Waals surface area contributed by atoms with Crippen LogP contribution in [0.3, 0.4) is 0 Å². The zero-order chi connectivity index (χ0) is 48.4. The maximum Gasteiger partial charge on any atom is 0.345 e. The van der Waals surface area contributed by atoms with Gasteiger partial charge in [0.2, 0.25) is 17.8 Å². The number of nitrogens with one attached hydrogen (secondary N) is 3. The highest BCUT2D eigenvalue weighted by molar-refractivity contribution is 7.54. The lowest BCUT2D eigenvalue weighted by molar-refractivity contribution is -0.131. The number of likely N-dealkylation sites (N-methyl/N-ethyl adjacent to an activating group) is 1. The third-order valence-corrected chi connectivity index (χ3v) is 17.0. The summed E-state index contributed by atoms with van der Waals surface area (Å²) in [6.07, 6.45) is 0.381. The summed E-state index contributed by atoms with van der Waals surface area (Å²) in [6, 6.07) is 0. The number of H-pyrrole nitrogens is 3. The Bertz CT molecular complexity index is 3110. The van der Waals surface area contributed by atoms with Gasteiger partial charge in [0.05, 0.1) is 63.6 Å². The van der Waals surface area contributed by atoms with Crippen molar-refractivity contribution in [3.8, 4) is 0 Å². The van der Waals surface area contributed by atoms with Gasteiger partial charge in [-0.15, -0.1) is 0 Å². The zero-order valence-electron chi connectivity index (χ0n) is 38.0. The minimum Gasteiger partial charge on any atom is -0.369 e. The normalized spacial score (nSPS) is 25.5. The molecule has 368 valence electrons. The summed E-state index contributed by atoms with van der Waals surface area (Å²) in [5, 5.41) is 0. The first-order valence-electron chi connectivity index (χ1n) is 21.5. The summed E-state index contributed by atoms with van der Waals surface area (Å²) < 4.78 is 74.2. The van der Waals surface area contributed by atoms with Crippen LogP contribution in [-0.4, -0.2) is 188 Å². The average Bonchev–Trinajstić information content (AvgIpc) is 4.04. The number of aromatic nitrogens is 12. The highest BCUT2D eigenvalue weighted by atomic mass is 31.2. The molecule has 0 aliphatic carbocycles. The van der Waals surface area contributed by atoms with E-state index in [4.69, 9.17) is 40.5 Å². The van der Waals surface area contributed by atoms with Crippen LogP contribution >= 0.6 is 15.3 Å². The number of rotatable bonds is 14. The largest absolute Gasteiger partial charge is 0.369 e. The van der Waals surface area contributed by atoms with E-state index in [9.17, 15) is 14.4 Å². The fourth-order valence-electron chi connectivity index (χ4n) is 8.60. The second-order valence-corrected chi connectivity index (χ2v) is 22.3. The van der Waals surface area contributed by atoms with Gasteiger partial charge in [0.15, 0.2) is 33.5 Å². The van der Waals surface area contributed by atoms with E-state index in [1.165, 1.54) is 32.9 Å². The van der Waals surface area contributed by atoms with E-state index in [1.807, 2.05) is 18.9 Å². The Morgan fingerprint density at radius 3 is 1.34 bits per heavy atom. The lowest BCUT2D eigenvalue weighted by Gasteiger charge is -2.45. The molecule has 30 nitrogen and oxygen atoms in total. The van der Waals surface area contributed by atoms with Gasteiger partial charge >= 0.3 is 15.3 Å². The zero-order valence-corrected chi connectivity index (χ0v) is 39.8. The molecule has 6 aromatic heterocycles. The van der Waals surface area contributed by atoms with Crippen LogP contribution in [0, 0.1) is 0 Å². The van der Waals surface area contributed by atoms with Crippen LogP contribution in [0.1, 0.15) is 32.0 Å². The molecular weight excluding hydrogens is 934 g/mol. The topological polar surface area (TPSA) is 365 Å². The van der Waals surface area contributed by atoms with Gasteiger partial charge in [0.1, 0.15) is 18.7 Å². The van der Waals surface area contributed by atoms with E-state index >= 15 is 9.13 Å². The number of imidazole rings is 3. The summed E-state index contributed by atoms with van der Waals surface area (Å²) in [7, 11) is 0.487. The molecule has 9 heterocycles. The molecule has 0 bridgehead atoms. The first kappa shape index (κ1) is 47.6. The van der Waals surface area contributed by atoms with Crippen molar-refractivity contribution >= 4 is 66.7 Å². The van der Waals surface area contributed by atoms with Gasteiger partial charge in [0, 0.05) is 26.2 Å². The Labute approximate surface area is 385 Å². The molecule has 3 fully saturated rings. The second kappa shape index (κ2) is 18.4. The molecule has 0 saturated carbocycles. The van der Waals surface area contributed by atoms with Crippen molar-refractivity contribution in [3.63, 3.8) is 0 Å². The number of nitrogens with zero attached hydrogens (tertiary/aromatic N) is 14. The van der Waals surface area contributed by atoms with Crippen molar-refractivity contribution < 1.29 is 32.4 Å². The Kier molecular flexibility index (Phi) is 12.9. The second-order valence-electron chi connectivity index (χ2n) is 17.1. The number of fused-ring (bicyclic) bond motifs is 3. The molecule has 0 amide bonds. The van der Waals surface area contributed by atoms with Gasteiger partial charge in [-0.25, -0.2) is 33.6 Å². The Morgan fingerprint density at radius 2 is 0.956 bits per heavy atom. The molecule has 3 saturated heterocycles. The molecule has 0 aromatic carbocycles. The summed E-state index contributed by atoms with van der Waals surface area (Å²) in [5.41, 5.74) is 16.9. The maximum atomic E-state index is 15.4. The number of hydrogen-bond donors (Lipinski definition) is 6. The minimum absolute atomic E-state index is 0.00123. The smallest absolute Gasteiger partial charge is 0.345 e. The molecule has 3 aliphatic rings.